The van der Waals surface area contributed by atoms with Crippen LogP contribution < -0.4 is 5.32 Å². The van der Waals surface area contributed by atoms with Crippen LogP contribution in [0.1, 0.15) is 31.7 Å². The Kier molecular flexibility index (Phi) is 3.92. The van der Waals surface area contributed by atoms with E-state index >= 15 is 0 Å². The number of nitrogens with zero attached hydrogens (tertiary/aromatic N) is 1. The zero-order valence-corrected chi connectivity index (χ0v) is 13.0. The smallest absolute Gasteiger partial charge is 0.223 e. The van der Waals surface area contributed by atoms with Crippen LogP contribution in [0.2, 0.25) is 0 Å². The number of hydrogen-bond donors (Lipinski definition) is 1. The standard InChI is InChI=1S/C16H22N2OS/c1-11-9-18(10-12(2)20-11)16(19)7-13-8-17-15-6-4-3-5-14(13)15/h3-6,11-13,17H,7-10H2,1-2H3. The predicted octanol–water partition coefficient (Wildman–Crippen LogP) is 2.94. The Morgan fingerprint density at radius 3 is 2.75 bits per heavy atom. The van der Waals surface area contributed by atoms with Crippen molar-refractivity contribution in [2.75, 3.05) is 25.0 Å². The van der Waals surface area contributed by atoms with Gasteiger partial charge in [0.2, 0.25) is 5.91 Å². The van der Waals surface area contributed by atoms with Gasteiger partial charge in [-0.1, -0.05) is 32.0 Å². The van der Waals surface area contributed by atoms with E-state index in [0.717, 1.165) is 19.6 Å². The number of benzene rings is 1. The Morgan fingerprint density at radius 2 is 2.00 bits per heavy atom. The number of thioether (sulfide) groups is 1. The van der Waals surface area contributed by atoms with E-state index in [1.807, 2.05) is 17.8 Å². The lowest BCUT2D eigenvalue weighted by Gasteiger charge is -2.35. The minimum Gasteiger partial charge on any atom is -0.384 e. The largest absolute Gasteiger partial charge is 0.384 e. The first kappa shape index (κ1) is 13.8. The molecule has 1 N–H and O–H groups in total. The Bertz CT molecular complexity index is 495. The Labute approximate surface area is 125 Å². The van der Waals surface area contributed by atoms with E-state index in [1.165, 1.54) is 11.3 Å². The first-order valence-corrected chi connectivity index (χ1v) is 8.34. The van der Waals surface area contributed by atoms with Gasteiger partial charge in [0.05, 0.1) is 0 Å². The molecular weight excluding hydrogens is 268 g/mol. The van der Waals surface area contributed by atoms with E-state index in [-0.39, 0.29) is 0 Å². The Morgan fingerprint density at radius 1 is 1.30 bits per heavy atom. The van der Waals surface area contributed by atoms with Gasteiger partial charge >= 0.3 is 0 Å². The maximum Gasteiger partial charge on any atom is 0.223 e. The summed E-state index contributed by atoms with van der Waals surface area (Å²) in [7, 11) is 0. The van der Waals surface area contributed by atoms with Crippen LogP contribution in [0.25, 0.3) is 0 Å². The molecule has 3 atom stereocenters. The molecule has 0 spiro atoms. The molecule has 0 radical (unpaired) electrons. The fourth-order valence-electron chi connectivity index (χ4n) is 3.26. The monoisotopic (exact) mass is 290 g/mol. The third-order valence-electron chi connectivity index (χ3n) is 4.13. The van der Waals surface area contributed by atoms with Crippen LogP contribution in [0.3, 0.4) is 0 Å². The van der Waals surface area contributed by atoms with Crippen LogP contribution in [0.5, 0.6) is 0 Å². The zero-order chi connectivity index (χ0) is 14.1. The molecule has 2 aliphatic heterocycles. The summed E-state index contributed by atoms with van der Waals surface area (Å²) in [6, 6.07) is 8.35. The van der Waals surface area contributed by atoms with Crippen LogP contribution in [0, 0.1) is 0 Å². The molecule has 1 saturated heterocycles. The average Bonchev–Trinajstić information content (AvgIpc) is 2.81. The second-order valence-electron chi connectivity index (χ2n) is 5.93. The van der Waals surface area contributed by atoms with Gasteiger partial charge in [0.25, 0.3) is 0 Å². The molecule has 0 bridgehead atoms. The maximum atomic E-state index is 12.5. The lowest BCUT2D eigenvalue weighted by atomic mass is 9.97. The summed E-state index contributed by atoms with van der Waals surface area (Å²) in [6.07, 6.45) is 0.633. The van der Waals surface area contributed by atoms with Crippen molar-refractivity contribution in [2.24, 2.45) is 0 Å². The zero-order valence-electron chi connectivity index (χ0n) is 12.1. The first-order chi connectivity index (χ1) is 9.63. The van der Waals surface area contributed by atoms with Gasteiger partial charge in [-0.3, -0.25) is 4.79 Å². The highest BCUT2D eigenvalue weighted by molar-refractivity contribution is 8.00. The number of amides is 1. The third kappa shape index (κ3) is 2.80. The molecular formula is C16H22N2OS. The van der Waals surface area contributed by atoms with Crippen molar-refractivity contribution in [3.05, 3.63) is 29.8 Å². The molecule has 3 nitrogen and oxygen atoms in total. The van der Waals surface area contributed by atoms with Gasteiger partial charge in [-0.15, -0.1) is 0 Å². The van der Waals surface area contributed by atoms with Crippen LogP contribution in [-0.2, 0) is 4.79 Å². The minimum absolute atomic E-state index is 0.313. The quantitative estimate of drug-likeness (QED) is 0.909. The molecule has 0 saturated carbocycles. The lowest BCUT2D eigenvalue weighted by molar-refractivity contribution is -0.131. The maximum absolute atomic E-state index is 12.5. The molecule has 1 aromatic carbocycles. The average molecular weight is 290 g/mol. The van der Waals surface area contributed by atoms with Crippen LogP contribution in [0.15, 0.2) is 24.3 Å². The molecule has 20 heavy (non-hydrogen) atoms. The fourth-order valence-corrected chi connectivity index (χ4v) is 4.59. The highest BCUT2D eigenvalue weighted by Crippen LogP contribution is 2.34. The summed E-state index contributed by atoms with van der Waals surface area (Å²) in [6.45, 7) is 7.12. The SMILES string of the molecule is CC1CN(C(=O)CC2CNc3ccccc32)CC(C)S1. The summed E-state index contributed by atoms with van der Waals surface area (Å²) in [5, 5.41) is 4.51. The van der Waals surface area contributed by atoms with Gasteiger partial charge in [-0.05, 0) is 11.6 Å². The number of carbonyl (C=O) groups excluding carboxylic acids is 1. The second-order valence-corrected chi connectivity index (χ2v) is 7.81. The van der Waals surface area contributed by atoms with Crippen LogP contribution >= 0.6 is 11.8 Å². The van der Waals surface area contributed by atoms with Gasteiger partial charge in [0.15, 0.2) is 0 Å². The highest BCUT2D eigenvalue weighted by Gasteiger charge is 2.30. The van der Waals surface area contributed by atoms with Crippen molar-refractivity contribution in [3.63, 3.8) is 0 Å². The van der Waals surface area contributed by atoms with Crippen LogP contribution in [-0.4, -0.2) is 40.9 Å². The van der Waals surface area contributed by atoms with Crippen LogP contribution in [0.4, 0.5) is 5.69 Å². The van der Waals surface area contributed by atoms with Gasteiger partial charge in [0.1, 0.15) is 0 Å². The van der Waals surface area contributed by atoms with Crippen molar-refractivity contribution < 1.29 is 4.79 Å². The fraction of sp³-hybridized carbons (Fsp3) is 0.562. The predicted molar refractivity (Wildman–Crippen MR) is 85.4 cm³/mol. The van der Waals surface area contributed by atoms with Crippen molar-refractivity contribution >= 4 is 23.4 Å². The minimum atomic E-state index is 0.313. The van der Waals surface area contributed by atoms with Gasteiger partial charge < -0.3 is 10.2 Å². The number of nitrogens with one attached hydrogen (secondary N) is 1. The molecule has 2 aliphatic rings. The molecule has 2 heterocycles. The number of carbonyl (C=O) groups is 1. The second kappa shape index (κ2) is 5.68. The normalized spacial score (nSPS) is 28.9. The number of rotatable bonds is 2. The number of para-hydroxylation sites is 1. The van der Waals surface area contributed by atoms with E-state index in [0.29, 0.717) is 28.7 Å². The molecule has 1 amide bonds. The summed E-state index contributed by atoms with van der Waals surface area (Å²) < 4.78 is 0. The third-order valence-corrected chi connectivity index (χ3v) is 5.36. The molecule has 1 aromatic rings. The van der Waals surface area contributed by atoms with E-state index in [1.54, 1.807) is 0 Å². The van der Waals surface area contributed by atoms with Crippen molar-refractivity contribution in [2.45, 2.75) is 36.7 Å². The molecule has 3 unspecified atom stereocenters. The van der Waals surface area contributed by atoms with E-state index in [4.69, 9.17) is 0 Å². The lowest BCUT2D eigenvalue weighted by Crippen LogP contribution is -2.44. The van der Waals surface area contributed by atoms with Crippen molar-refractivity contribution in [1.82, 2.24) is 4.90 Å². The molecule has 1 fully saturated rings. The number of anilines is 1. The Hall–Kier alpha value is -1.16. The molecule has 4 heteroatoms. The number of hydrogen-bond acceptors (Lipinski definition) is 3. The first-order valence-electron chi connectivity index (χ1n) is 7.39. The Balaban J connectivity index is 1.65. The highest BCUT2D eigenvalue weighted by atomic mass is 32.2. The van der Waals surface area contributed by atoms with Gasteiger partial charge in [-0.2, -0.15) is 11.8 Å². The van der Waals surface area contributed by atoms with Crippen molar-refractivity contribution in [1.29, 1.82) is 0 Å². The summed E-state index contributed by atoms with van der Waals surface area (Å²) in [4.78, 5) is 14.6. The molecule has 3 rings (SSSR count). The topological polar surface area (TPSA) is 32.3 Å². The van der Waals surface area contributed by atoms with Gasteiger partial charge in [-0.25, -0.2) is 0 Å². The molecule has 0 aliphatic carbocycles. The van der Waals surface area contributed by atoms with E-state index in [2.05, 4.69) is 42.3 Å². The number of fused-ring (bicyclic) bond motifs is 1. The van der Waals surface area contributed by atoms with Gasteiger partial charge in [0, 0.05) is 48.2 Å². The molecule has 0 aromatic heterocycles. The molecule has 108 valence electrons. The summed E-state index contributed by atoms with van der Waals surface area (Å²) in [5.74, 6) is 0.645. The van der Waals surface area contributed by atoms with E-state index in [9.17, 15) is 4.79 Å². The summed E-state index contributed by atoms with van der Waals surface area (Å²) in [5.41, 5.74) is 2.49. The summed E-state index contributed by atoms with van der Waals surface area (Å²) >= 11 is 1.99. The van der Waals surface area contributed by atoms with E-state index < -0.39 is 0 Å². The van der Waals surface area contributed by atoms with Crippen molar-refractivity contribution in [3.8, 4) is 0 Å².